The Morgan fingerprint density at radius 1 is 1.45 bits per heavy atom. The molecule has 7 nitrogen and oxygen atoms in total. The average molecular weight is 292 g/mol. The number of rotatable bonds is 4. The lowest BCUT2D eigenvalue weighted by atomic mass is 10.1. The van der Waals surface area contributed by atoms with Gasteiger partial charge in [-0.3, -0.25) is 20.2 Å². The van der Waals surface area contributed by atoms with Gasteiger partial charge in [0.15, 0.2) is 5.13 Å². The van der Waals surface area contributed by atoms with Crippen LogP contribution in [0.2, 0.25) is 0 Å². The van der Waals surface area contributed by atoms with E-state index in [2.05, 4.69) is 10.3 Å². The summed E-state index contributed by atoms with van der Waals surface area (Å²) in [7, 11) is 3.41. The zero-order valence-corrected chi connectivity index (χ0v) is 11.7. The summed E-state index contributed by atoms with van der Waals surface area (Å²) in [5, 5.41) is 15.8. The van der Waals surface area contributed by atoms with E-state index in [1.54, 1.807) is 42.7 Å². The number of anilines is 2. The van der Waals surface area contributed by atoms with E-state index in [-0.39, 0.29) is 11.3 Å². The molecular weight excluding hydrogens is 280 g/mol. The number of thiazole rings is 1. The molecular formula is C12H12N4O3S. The zero-order valence-electron chi connectivity index (χ0n) is 10.9. The lowest BCUT2D eigenvalue weighted by Gasteiger charge is -2.13. The molecule has 0 spiro atoms. The van der Waals surface area contributed by atoms with Crippen molar-refractivity contribution < 1.29 is 9.72 Å². The number of nitrogens with zero attached hydrogens (tertiary/aromatic N) is 3. The Balaban J connectivity index is 2.31. The van der Waals surface area contributed by atoms with E-state index in [1.165, 1.54) is 17.4 Å². The number of amides is 1. The molecule has 0 saturated carbocycles. The molecule has 2 rings (SSSR count). The molecule has 0 saturated heterocycles. The van der Waals surface area contributed by atoms with E-state index in [0.29, 0.717) is 10.8 Å². The van der Waals surface area contributed by atoms with Gasteiger partial charge >= 0.3 is 0 Å². The molecule has 0 atom stereocenters. The Bertz CT molecular complexity index is 640. The van der Waals surface area contributed by atoms with E-state index < -0.39 is 10.8 Å². The third-order valence-electron chi connectivity index (χ3n) is 2.57. The first-order valence-electron chi connectivity index (χ1n) is 5.65. The summed E-state index contributed by atoms with van der Waals surface area (Å²) >= 11 is 1.28. The molecule has 0 aliphatic rings. The molecule has 1 heterocycles. The highest BCUT2D eigenvalue weighted by Gasteiger charge is 2.19. The average Bonchev–Trinajstić information content (AvgIpc) is 2.90. The largest absolute Gasteiger partial charge is 0.372 e. The highest BCUT2D eigenvalue weighted by atomic mass is 32.1. The van der Waals surface area contributed by atoms with Gasteiger partial charge in [-0.1, -0.05) is 0 Å². The number of hydrogen-bond acceptors (Lipinski definition) is 6. The Kier molecular flexibility index (Phi) is 3.94. The summed E-state index contributed by atoms with van der Waals surface area (Å²) in [6.07, 6.45) is 1.57. The van der Waals surface area contributed by atoms with Gasteiger partial charge in [0.25, 0.3) is 11.6 Å². The van der Waals surface area contributed by atoms with Crippen LogP contribution in [0.4, 0.5) is 16.5 Å². The minimum absolute atomic E-state index is 0.109. The maximum atomic E-state index is 12.0. The molecule has 0 aliphatic carbocycles. The normalized spacial score (nSPS) is 10.1. The fourth-order valence-electron chi connectivity index (χ4n) is 1.64. The fourth-order valence-corrected chi connectivity index (χ4v) is 2.17. The van der Waals surface area contributed by atoms with Crippen molar-refractivity contribution in [1.82, 2.24) is 4.98 Å². The molecule has 1 amide bonds. The van der Waals surface area contributed by atoms with Gasteiger partial charge in [0, 0.05) is 37.3 Å². The number of nitro groups is 1. The van der Waals surface area contributed by atoms with Gasteiger partial charge in [0.2, 0.25) is 0 Å². The summed E-state index contributed by atoms with van der Waals surface area (Å²) < 4.78 is 0. The molecule has 2 aromatic rings. The Hall–Kier alpha value is -2.48. The van der Waals surface area contributed by atoms with Crippen molar-refractivity contribution in [3.05, 3.63) is 45.5 Å². The van der Waals surface area contributed by atoms with E-state index in [4.69, 9.17) is 0 Å². The van der Waals surface area contributed by atoms with Gasteiger partial charge in [0.05, 0.1) is 4.92 Å². The third-order valence-corrected chi connectivity index (χ3v) is 3.26. The Morgan fingerprint density at radius 3 is 2.75 bits per heavy atom. The summed E-state index contributed by atoms with van der Waals surface area (Å²) in [6.45, 7) is 0. The molecule has 0 aliphatic heterocycles. The number of carbonyl (C=O) groups is 1. The fraction of sp³-hybridized carbons (Fsp3) is 0.167. The van der Waals surface area contributed by atoms with Crippen LogP contribution in [0.25, 0.3) is 0 Å². The third kappa shape index (κ3) is 2.91. The first kappa shape index (κ1) is 13.9. The molecule has 104 valence electrons. The topological polar surface area (TPSA) is 88.4 Å². The predicted octanol–water partition coefficient (Wildman–Crippen LogP) is 2.37. The van der Waals surface area contributed by atoms with Crippen LogP contribution in [-0.2, 0) is 0 Å². The van der Waals surface area contributed by atoms with Gasteiger partial charge < -0.3 is 4.90 Å². The molecule has 1 aromatic heterocycles. The summed E-state index contributed by atoms with van der Waals surface area (Å²) in [5.74, 6) is -0.423. The van der Waals surface area contributed by atoms with Crippen LogP contribution in [0, 0.1) is 10.1 Å². The molecule has 1 aromatic carbocycles. The lowest BCUT2D eigenvalue weighted by Crippen LogP contribution is -2.14. The van der Waals surface area contributed by atoms with Crippen LogP contribution in [0.15, 0.2) is 29.8 Å². The van der Waals surface area contributed by atoms with Crippen molar-refractivity contribution in [2.24, 2.45) is 0 Å². The number of benzene rings is 1. The van der Waals surface area contributed by atoms with Crippen LogP contribution in [0.1, 0.15) is 10.4 Å². The minimum Gasteiger partial charge on any atom is -0.372 e. The smallest absolute Gasteiger partial charge is 0.293 e. The van der Waals surface area contributed by atoms with Crippen LogP contribution in [-0.4, -0.2) is 29.9 Å². The van der Waals surface area contributed by atoms with E-state index in [9.17, 15) is 14.9 Å². The maximum Gasteiger partial charge on any atom is 0.293 e. The Labute approximate surface area is 119 Å². The number of nitro benzene ring substituents is 1. The predicted molar refractivity (Wildman–Crippen MR) is 77.5 cm³/mol. The van der Waals surface area contributed by atoms with Gasteiger partial charge in [-0.05, 0) is 12.1 Å². The monoisotopic (exact) mass is 292 g/mol. The van der Waals surface area contributed by atoms with Gasteiger partial charge in [-0.25, -0.2) is 4.98 Å². The van der Waals surface area contributed by atoms with Crippen molar-refractivity contribution in [3.63, 3.8) is 0 Å². The van der Waals surface area contributed by atoms with Crippen LogP contribution >= 0.6 is 11.3 Å². The minimum atomic E-state index is -0.504. The second kappa shape index (κ2) is 5.66. The van der Waals surface area contributed by atoms with Crippen LogP contribution < -0.4 is 10.2 Å². The standard InChI is InChI=1S/C12H12N4O3S/c1-15(2)9-4-3-8(7-10(9)16(18)19)11(17)14-12-13-5-6-20-12/h3-7H,1-2H3,(H,13,14,17). The van der Waals surface area contributed by atoms with Crippen molar-refractivity contribution in [3.8, 4) is 0 Å². The SMILES string of the molecule is CN(C)c1ccc(C(=O)Nc2nccs2)cc1[N+](=O)[O-]. The Morgan fingerprint density at radius 2 is 2.20 bits per heavy atom. The zero-order chi connectivity index (χ0) is 14.7. The first-order valence-corrected chi connectivity index (χ1v) is 6.53. The van der Waals surface area contributed by atoms with E-state index in [1.807, 2.05) is 0 Å². The summed E-state index contributed by atoms with van der Waals surface area (Å²) in [6, 6.07) is 4.36. The molecule has 0 unspecified atom stereocenters. The molecule has 20 heavy (non-hydrogen) atoms. The molecule has 0 fully saturated rings. The second-order valence-electron chi connectivity index (χ2n) is 4.15. The molecule has 0 radical (unpaired) electrons. The number of aromatic nitrogens is 1. The van der Waals surface area contributed by atoms with Crippen molar-refractivity contribution in [1.29, 1.82) is 0 Å². The highest BCUT2D eigenvalue weighted by Crippen LogP contribution is 2.28. The quantitative estimate of drug-likeness (QED) is 0.690. The van der Waals surface area contributed by atoms with E-state index >= 15 is 0 Å². The van der Waals surface area contributed by atoms with Crippen molar-refractivity contribution in [2.75, 3.05) is 24.3 Å². The van der Waals surface area contributed by atoms with Crippen LogP contribution in [0.3, 0.4) is 0 Å². The molecule has 1 N–H and O–H groups in total. The second-order valence-corrected chi connectivity index (χ2v) is 5.04. The highest BCUT2D eigenvalue weighted by molar-refractivity contribution is 7.13. The van der Waals surface area contributed by atoms with Gasteiger partial charge in [0.1, 0.15) is 5.69 Å². The van der Waals surface area contributed by atoms with Crippen molar-refractivity contribution >= 4 is 33.8 Å². The van der Waals surface area contributed by atoms with Crippen molar-refractivity contribution in [2.45, 2.75) is 0 Å². The van der Waals surface area contributed by atoms with Crippen LogP contribution in [0.5, 0.6) is 0 Å². The van der Waals surface area contributed by atoms with E-state index in [0.717, 1.165) is 0 Å². The number of hydrogen-bond donors (Lipinski definition) is 1. The molecule has 0 bridgehead atoms. The maximum absolute atomic E-state index is 12.0. The number of nitrogens with one attached hydrogen (secondary N) is 1. The number of carbonyl (C=O) groups excluding carboxylic acids is 1. The van der Waals surface area contributed by atoms with Gasteiger partial charge in [-0.15, -0.1) is 11.3 Å². The summed E-state index contributed by atoms with van der Waals surface area (Å²) in [4.78, 5) is 28.1. The molecule has 8 heteroatoms. The van der Waals surface area contributed by atoms with Gasteiger partial charge in [-0.2, -0.15) is 0 Å². The summed E-state index contributed by atoms with van der Waals surface area (Å²) in [5.41, 5.74) is 0.556. The lowest BCUT2D eigenvalue weighted by molar-refractivity contribution is -0.384. The first-order chi connectivity index (χ1) is 9.49.